The molecule has 2 N–H and O–H groups in total. The third-order valence-corrected chi connectivity index (χ3v) is 3.63. The highest BCUT2D eigenvalue weighted by Crippen LogP contribution is 2.22. The molecule has 2 rings (SSSR count). The van der Waals surface area contributed by atoms with Crippen LogP contribution in [0.25, 0.3) is 0 Å². The largest absolute Gasteiger partial charge is 0.495 e. The molecule has 1 saturated carbocycles. The van der Waals surface area contributed by atoms with Gasteiger partial charge in [-0.15, -0.1) is 0 Å². The topological polar surface area (TPSA) is 62.7 Å². The number of nitrogens with zero attached hydrogens (tertiary/aromatic N) is 1. The first-order valence-corrected chi connectivity index (χ1v) is 7.40. The van der Waals surface area contributed by atoms with Crippen molar-refractivity contribution in [2.45, 2.75) is 32.6 Å². The van der Waals surface area contributed by atoms with Crippen molar-refractivity contribution < 1.29 is 9.53 Å². The van der Waals surface area contributed by atoms with E-state index >= 15 is 0 Å². The van der Waals surface area contributed by atoms with Gasteiger partial charge in [-0.05, 0) is 43.7 Å². The van der Waals surface area contributed by atoms with Gasteiger partial charge in [0.15, 0.2) is 0 Å². The first-order chi connectivity index (χ1) is 10.2. The number of hydrazone groups is 1. The fourth-order valence-corrected chi connectivity index (χ4v) is 2.51. The average Bonchev–Trinajstić information content (AvgIpc) is 2.51. The molecule has 21 heavy (non-hydrogen) atoms. The fourth-order valence-electron chi connectivity index (χ4n) is 2.51. The van der Waals surface area contributed by atoms with Gasteiger partial charge in [-0.1, -0.05) is 19.1 Å². The summed E-state index contributed by atoms with van der Waals surface area (Å²) < 4.78 is 5.22. The number of para-hydroxylation sites is 2. The lowest BCUT2D eigenvalue weighted by Gasteiger charge is -2.19. The first-order valence-electron chi connectivity index (χ1n) is 7.40. The van der Waals surface area contributed by atoms with E-state index in [2.05, 4.69) is 22.8 Å². The number of methoxy groups -OCH3 is 1. The molecule has 1 amide bonds. The summed E-state index contributed by atoms with van der Waals surface area (Å²) in [6.45, 7) is 2.40. The van der Waals surface area contributed by atoms with Gasteiger partial charge in [0.2, 0.25) is 0 Å². The van der Waals surface area contributed by atoms with Crippen LogP contribution in [-0.4, -0.2) is 25.3 Å². The molecule has 0 bridgehead atoms. The van der Waals surface area contributed by atoms with Gasteiger partial charge < -0.3 is 10.1 Å². The molecule has 1 aromatic rings. The number of ether oxygens (including phenoxy) is 1. The van der Waals surface area contributed by atoms with Crippen LogP contribution in [0.15, 0.2) is 29.4 Å². The summed E-state index contributed by atoms with van der Waals surface area (Å²) >= 11 is 0. The van der Waals surface area contributed by atoms with Crippen LogP contribution in [0.1, 0.15) is 32.6 Å². The lowest BCUT2D eigenvalue weighted by molar-refractivity contribution is -0.119. The van der Waals surface area contributed by atoms with Gasteiger partial charge in [-0.2, -0.15) is 5.10 Å². The van der Waals surface area contributed by atoms with E-state index in [1.54, 1.807) is 7.11 Å². The van der Waals surface area contributed by atoms with Crippen LogP contribution >= 0.6 is 0 Å². The second-order valence-electron chi connectivity index (χ2n) is 5.47. The zero-order valence-corrected chi connectivity index (χ0v) is 12.7. The number of carbonyl (C=O) groups excluding carboxylic acids is 1. The minimum Gasteiger partial charge on any atom is -0.495 e. The van der Waals surface area contributed by atoms with Crippen molar-refractivity contribution in [2.24, 2.45) is 11.0 Å². The van der Waals surface area contributed by atoms with Gasteiger partial charge in [0, 0.05) is 5.71 Å². The zero-order valence-electron chi connectivity index (χ0n) is 12.7. The third kappa shape index (κ3) is 4.77. The second-order valence-corrected chi connectivity index (χ2v) is 5.47. The second kappa shape index (κ2) is 7.67. The number of anilines is 1. The summed E-state index contributed by atoms with van der Waals surface area (Å²) in [7, 11) is 1.61. The van der Waals surface area contributed by atoms with Gasteiger partial charge in [0.1, 0.15) is 5.75 Å². The van der Waals surface area contributed by atoms with Crippen LogP contribution < -0.4 is 15.5 Å². The Morgan fingerprint density at radius 3 is 3.00 bits per heavy atom. The van der Waals surface area contributed by atoms with E-state index in [1.807, 2.05) is 24.3 Å². The molecule has 0 aromatic heterocycles. The highest BCUT2D eigenvalue weighted by atomic mass is 16.5. The van der Waals surface area contributed by atoms with Crippen LogP contribution in [0.2, 0.25) is 0 Å². The predicted octanol–water partition coefficient (Wildman–Crippen LogP) is 2.79. The van der Waals surface area contributed by atoms with Crippen LogP contribution in [0, 0.1) is 5.92 Å². The van der Waals surface area contributed by atoms with E-state index in [9.17, 15) is 4.79 Å². The normalized spacial score (nSPS) is 20.1. The minimum absolute atomic E-state index is 0.147. The quantitative estimate of drug-likeness (QED) is 0.819. The van der Waals surface area contributed by atoms with Crippen LogP contribution in [0.4, 0.5) is 5.69 Å². The van der Waals surface area contributed by atoms with Crippen molar-refractivity contribution in [1.29, 1.82) is 0 Å². The lowest BCUT2D eigenvalue weighted by Crippen LogP contribution is -2.28. The molecule has 5 nitrogen and oxygen atoms in total. The van der Waals surface area contributed by atoms with Gasteiger partial charge in [-0.25, -0.2) is 5.43 Å². The molecule has 0 aliphatic heterocycles. The molecule has 0 spiro atoms. The fraction of sp³-hybridized carbons (Fsp3) is 0.500. The molecule has 1 aromatic carbocycles. The first kappa shape index (κ1) is 15.4. The lowest BCUT2D eigenvalue weighted by atomic mass is 9.89. The molecule has 1 unspecified atom stereocenters. The molecule has 0 heterocycles. The molecular weight excluding hydrogens is 266 g/mol. The maximum absolute atomic E-state index is 11.8. The monoisotopic (exact) mass is 289 g/mol. The Balaban J connectivity index is 1.81. The Kier molecular flexibility index (Phi) is 5.60. The Morgan fingerprint density at radius 2 is 2.24 bits per heavy atom. The number of hydrogen-bond donors (Lipinski definition) is 2. The molecule has 1 fully saturated rings. The number of benzene rings is 1. The van der Waals surface area contributed by atoms with Crippen molar-refractivity contribution in [3.63, 3.8) is 0 Å². The Bertz CT molecular complexity index is 514. The molecule has 0 saturated heterocycles. The Hall–Kier alpha value is -2.04. The van der Waals surface area contributed by atoms with Gasteiger partial charge in [0.05, 0.1) is 19.3 Å². The molecule has 5 heteroatoms. The van der Waals surface area contributed by atoms with E-state index in [1.165, 1.54) is 6.42 Å². The summed E-state index contributed by atoms with van der Waals surface area (Å²) in [5.41, 5.74) is 4.52. The van der Waals surface area contributed by atoms with Crippen LogP contribution in [0.5, 0.6) is 5.75 Å². The molecule has 1 aliphatic carbocycles. The number of rotatable bonds is 5. The molecule has 114 valence electrons. The summed E-state index contributed by atoms with van der Waals surface area (Å²) in [5, 5.41) is 7.29. The van der Waals surface area contributed by atoms with Crippen molar-refractivity contribution in [3.05, 3.63) is 24.3 Å². The SMILES string of the molecule is COc1ccccc1NCC(=O)N/N=C1/CCCC(C)C1. The van der Waals surface area contributed by atoms with Crippen molar-refractivity contribution in [1.82, 2.24) is 5.43 Å². The number of hydrogen-bond acceptors (Lipinski definition) is 4. The molecular formula is C16H23N3O2. The highest BCUT2D eigenvalue weighted by Gasteiger charge is 2.14. The van der Waals surface area contributed by atoms with Gasteiger partial charge in [0.25, 0.3) is 5.91 Å². The zero-order chi connectivity index (χ0) is 15.1. The Morgan fingerprint density at radius 1 is 1.43 bits per heavy atom. The summed E-state index contributed by atoms with van der Waals surface area (Å²) in [5.74, 6) is 1.24. The van der Waals surface area contributed by atoms with Gasteiger partial charge >= 0.3 is 0 Å². The van der Waals surface area contributed by atoms with Gasteiger partial charge in [-0.3, -0.25) is 4.79 Å². The summed E-state index contributed by atoms with van der Waals surface area (Å²) in [4.78, 5) is 11.8. The smallest absolute Gasteiger partial charge is 0.259 e. The van der Waals surface area contributed by atoms with Crippen LogP contribution in [-0.2, 0) is 4.79 Å². The molecule has 1 atom stereocenters. The standard InChI is InChI=1S/C16H23N3O2/c1-12-6-5-7-13(10-12)18-19-16(20)11-17-14-8-3-4-9-15(14)21-2/h3-4,8-9,12,17H,5-7,10-11H2,1-2H3,(H,19,20)/b18-13-. The third-order valence-electron chi connectivity index (χ3n) is 3.63. The van der Waals surface area contributed by atoms with Crippen molar-refractivity contribution in [2.75, 3.05) is 19.0 Å². The Labute approximate surface area is 125 Å². The molecule has 0 radical (unpaired) electrons. The summed E-state index contributed by atoms with van der Waals surface area (Å²) in [6.07, 6.45) is 4.39. The highest BCUT2D eigenvalue weighted by molar-refractivity contribution is 5.88. The minimum atomic E-state index is -0.147. The van der Waals surface area contributed by atoms with E-state index in [0.29, 0.717) is 5.92 Å². The van der Waals surface area contributed by atoms with E-state index < -0.39 is 0 Å². The number of amides is 1. The number of nitrogens with one attached hydrogen (secondary N) is 2. The van der Waals surface area contributed by atoms with E-state index in [0.717, 1.165) is 36.4 Å². The van der Waals surface area contributed by atoms with E-state index in [4.69, 9.17) is 4.74 Å². The van der Waals surface area contributed by atoms with Crippen LogP contribution in [0.3, 0.4) is 0 Å². The summed E-state index contributed by atoms with van der Waals surface area (Å²) in [6, 6.07) is 7.51. The maximum atomic E-state index is 11.8. The number of carbonyl (C=O) groups is 1. The predicted molar refractivity (Wildman–Crippen MR) is 84.7 cm³/mol. The van der Waals surface area contributed by atoms with Crippen molar-refractivity contribution in [3.8, 4) is 5.75 Å². The van der Waals surface area contributed by atoms with E-state index in [-0.39, 0.29) is 12.5 Å². The average molecular weight is 289 g/mol. The molecule has 1 aliphatic rings. The van der Waals surface area contributed by atoms with Crippen molar-refractivity contribution >= 4 is 17.3 Å². The maximum Gasteiger partial charge on any atom is 0.259 e.